The van der Waals surface area contributed by atoms with Crippen LogP contribution >= 0.6 is 0 Å². The highest BCUT2D eigenvalue weighted by molar-refractivity contribution is 5.94. The summed E-state index contributed by atoms with van der Waals surface area (Å²) in [6, 6.07) is 11.4. The van der Waals surface area contributed by atoms with Crippen LogP contribution in [0.25, 0.3) is 0 Å². The molecule has 0 bridgehead atoms. The Kier molecular flexibility index (Phi) is 4.35. The van der Waals surface area contributed by atoms with Crippen LogP contribution < -0.4 is 10.1 Å². The molecule has 1 amide bonds. The van der Waals surface area contributed by atoms with Gasteiger partial charge in [-0.05, 0) is 49.2 Å². The van der Waals surface area contributed by atoms with Gasteiger partial charge in [0.15, 0.2) is 0 Å². The van der Waals surface area contributed by atoms with Gasteiger partial charge in [-0.3, -0.25) is 4.79 Å². The van der Waals surface area contributed by atoms with Gasteiger partial charge >= 0.3 is 0 Å². The number of ether oxygens (including phenoxy) is 1. The molecule has 4 heteroatoms. The molecule has 4 nitrogen and oxygen atoms in total. The lowest BCUT2D eigenvalue weighted by Gasteiger charge is -2.14. The molecule has 120 valence electrons. The van der Waals surface area contributed by atoms with E-state index in [0.29, 0.717) is 12.2 Å². The van der Waals surface area contributed by atoms with Gasteiger partial charge in [0.05, 0.1) is 12.7 Å². The molecule has 1 atom stereocenters. The molecule has 3 rings (SSSR count). The minimum absolute atomic E-state index is 0.166. The van der Waals surface area contributed by atoms with E-state index in [9.17, 15) is 9.90 Å². The SMILES string of the molecule is Cc1cc(C)cc(C(=O)NCC(O)c2ccc3c(c2)CCO3)c1. The smallest absolute Gasteiger partial charge is 0.251 e. The summed E-state index contributed by atoms with van der Waals surface area (Å²) in [5.74, 6) is 0.723. The van der Waals surface area contributed by atoms with Gasteiger partial charge in [0.2, 0.25) is 0 Å². The molecule has 0 saturated heterocycles. The number of nitrogens with one attached hydrogen (secondary N) is 1. The van der Waals surface area contributed by atoms with Gasteiger partial charge in [-0.15, -0.1) is 0 Å². The number of amides is 1. The van der Waals surface area contributed by atoms with E-state index in [0.717, 1.165) is 34.4 Å². The Balaban J connectivity index is 1.64. The van der Waals surface area contributed by atoms with Crippen molar-refractivity contribution in [3.05, 3.63) is 64.2 Å². The molecule has 1 aliphatic heterocycles. The Bertz CT molecular complexity index is 719. The van der Waals surface area contributed by atoms with E-state index in [1.165, 1.54) is 0 Å². The lowest BCUT2D eigenvalue weighted by Crippen LogP contribution is -2.28. The highest BCUT2D eigenvalue weighted by Gasteiger charge is 2.16. The molecule has 0 aromatic heterocycles. The summed E-state index contributed by atoms with van der Waals surface area (Å²) in [6.45, 7) is 4.81. The predicted molar refractivity (Wildman–Crippen MR) is 88.9 cm³/mol. The molecule has 2 N–H and O–H groups in total. The summed E-state index contributed by atoms with van der Waals surface area (Å²) in [7, 11) is 0. The molecular weight excluding hydrogens is 290 g/mol. The van der Waals surface area contributed by atoms with Crippen LogP contribution in [0.3, 0.4) is 0 Å². The first-order valence-corrected chi connectivity index (χ1v) is 7.83. The normalized spacial score (nSPS) is 14.0. The number of aliphatic hydroxyl groups excluding tert-OH is 1. The molecule has 0 radical (unpaired) electrons. The van der Waals surface area contributed by atoms with Crippen molar-refractivity contribution in [3.63, 3.8) is 0 Å². The number of rotatable bonds is 4. The van der Waals surface area contributed by atoms with Gasteiger partial charge in [0.25, 0.3) is 5.91 Å². The second kappa shape index (κ2) is 6.42. The van der Waals surface area contributed by atoms with Crippen LogP contribution in [-0.2, 0) is 6.42 Å². The predicted octanol–water partition coefficient (Wildman–Crippen LogP) is 2.70. The van der Waals surface area contributed by atoms with Crippen molar-refractivity contribution in [3.8, 4) is 5.75 Å². The summed E-state index contributed by atoms with van der Waals surface area (Å²) < 4.78 is 5.46. The Morgan fingerprint density at radius 3 is 2.70 bits per heavy atom. The maximum absolute atomic E-state index is 12.2. The lowest BCUT2D eigenvalue weighted by atomic mass is 10.0. The molecule has 1 heterocycles. The van der Waals surface area contributed by atoms with Gasteiger partial charge < -0.3 is 15.2 Å². The lowest BCUT2D eigenvalue weighted by molar-refractivity contribution is 0.0916. The number of carbonyl (C=O) groups excluding carboxylic acids is 1. The summed E-state index contributed by atoms with van der Waals surface area (Å²) >= 11 is 0. The molecule has 0 spiro atoms. The molecule has 0 fully saturated rings. The van der Waals surface area contributed by atoms with E-state index in [1.54, 1.807) is 0 Å². The molecule has 1 unspecified atom stereocenters. The molecular formula is C19H21NO3. The van der Waals surface area contributed by atoms with Crippen molar-refractivity contribution in [2.75, 3.05) is 13.2 Å². The van der Waals surface area contributed by atoms with Crippen LogP contribution in [-0.4, -0.2) is 24.2 Å². The third-order valence-corrected chi connectivity index (χ3v) is 4.04. The van der Waals surface area contributed by atoms with Crippen LogP contribution in [0.5, 0.6) is 5.75 Å². The fourth-order valence-corrected chi connectivity index (χ4v) is 2.93. The number of benzene rings is 2. The molecule has 2 aromatic rings. The second-order valence-corrected chi connectivity index (χ2v) is 6.07. The Morgan fingerprint density at radius 1 is 1.22 bits per heavy atom. The van der Waals surface area contributed by atoms with E-state index >= 15 is 0 Å². The number of aryl methyl sites for hydroxylation is 2. The fourth-order valence-electron chi connectivity index (χ4n) is 2.93. The van der Waals surface area contributed by atoms with Gasteiger partial charge in [0.1, 0.15) is 5.75 Å². The number of carbonyl (C=O) groups is 1. The van der Waals surface area contributed by atoms with Gasteiger partial charge in [0, 0.05) is 18.5 Å². The van der Waals surface area contributed by atoms with Crippen LogP contribution in [0.4, 0.5) is 0 Å². The first-order valence-electron chi connectivity index (χ1n) is 7.83. The van der Waals surface area contributed by atoms with Crippen LogP contribution in [0.2, 0.25) is 0 Å². The number of hydrogen-bond donors (Lipinski definition) is 2. The van der Waals surface area contributed by atoms with E-state index in [-0.39, 0.29) is 12.5 Å². The van der Waals surface area contributed by atoms with Crippen molar-refractivity contribution in [1.82, 2.24) is 5.32 Å². The molecule has 0 saturated carbocycles. The topological polar surface area (TPSA) is 58.6 Å². The zero-order chi connectivity index (χ0) is 16.4. The summed E-state index contributed by atoms with van der Waals surface area (Å²) in [5.41, 5.74) is 4.64. The maximum Gasteiger partial charge on any atom is 0.251 e. The molecule has 2 aromatic carbocycles. The summed E-state index contributed by atoms with van der Waals surface area (Å²) in [5, 5.41) is 13.1. The van der Waals surface area contributed by atoms with Gasteiger partial charge in [-0.2, -0.15) is 0 Å². The third-order valence-electron chi connectivity index (χ3n) is 4.04. The highest BCUT2D eigenvalue weighted by atomic mass is 16.5. The molecule has 23 heavy (non-hydrogen) atoms. The maximum atomic E-state index is 12.2. The van der Waals surface area contributed by atoms with E-state index in [1.807, 2.05) is 50.2 Å². The van der Waals surface area contributed by atoms with Crippen molar-refractivity contribution in [2.24, 2.45) is 0 Å². The van der Waals surface area contributed by atoms with Crippen molar-refractivity contribution >= 4 is 5.91 Å². The Morgan fingerprint density at radius 2 is 1.96 bits per heavy atom. The second-order valence-electron chi connectivity index (χ2n) is 6.07. The molecule has 0 aliphatic carbocycles. The quantitative estimate of drug-likeness (QED) is 0.913. The van der Waals surface area contributed by atoms with E-state index < -0.39 is 6.10 Å². The monoisotopic (exact) mass is 311 g/mol. The van der Waals surface area contributed by atoms with Gasteiger partial charge in [-0.1, -0.05) is 23.3 Å². The average Bonchev–Trinajstić information content (AvgIpc) is 2.98. The van der Waals surface area contributed by atoms with Crippen molar-refractivity contribution < 1.29 is 14.6 Å². The van der Waals surface area contributed by atoms with Gasteiger partial charge in [-0.25, -0.2) is 0 Å². The van der Waals surface area contributed by atoms with Crippen LogP contribution in [0.15, 0.2) is 36.4 Å². The summed E-state index contributed by atoms with van der Waals surface area (Å²) in [4.78, 5) is 12.2. The minimum Gasteiger partial charge on any atom is -0.493 e. The summed E-state index contributed by atoms with van der Waals surface area (Å²) in [6.07, 6.45) is 0.140. The molecule has 1 aliphatic rings. The Labute approximate surface area is 136 Å². The number of hydrogen-bond acceptors (Lipinski definition) is 3. The number of aliphatic hydroxyl groups is 1. The van der Waals surface area contributed by atoms with Crippen molar-refractivity contribution in [2.45, 2.75) is 26.4 Å². The highest BCUT2D eigenvalue weighted by Crippen LogP contribution is 2.28. The van der Waals surface area contributed by atoms with E-state index in [4.69, 9.17) is 4.74 Å². The van der Waals surface area contributed by atoms with Crippen LogP contribution in [0.1, 0.15) is 38.7 Å². The zero-order valence-corrected chi connectivity index (χ0v) is 13.4. The standard InChI is InChI=1S/C19H21NO3/c1-12-7-13(2)9-16(8-12)19(22)20-11-17(21)14-3-4-18-15(10-14)5-6-23-18/h3-4,7-10,17,21H,5-6,11H2,1-2H3,(H,20,22). The fraction of sp³-hybridized carbons (Fsp3) is 0.316. The van der Waals surface area contributed by atoms with Crippen LogP contribution in [0, 0.1) is 13.8 Å². The zero-order valence-electron chi connectivity index (χ0n) is 13.4. The Hall–Kier alpha value is -2.33. The third kappa shape index (κ3) is 3.54. The van der Waals surface area contributed by atoms with E-state index in [2.05, 4.69) is 5.32 Å². The number of fused-ring (bicyclic) bond motifs is 1. The first kappa shape index (κ1) is 15.6. The largest absolute Gasteiger partial charge is 0.493 e. The minimum atomic E-state index is -0.726. The first-order chi connectivity index (χ1) is 11.0. The average molecular weight is 311 g/mol. The van der Waals surface area contributed by atoms with Crippen molar-refractivity contribution in [1.29, 1.82) is 0 Å².